The summed E-state index contributed by atoms with van der Waals surface area (Å²) < 4.78 is 36.8. The molecule has 1 aromatic heterocycles. The molecule has 0 bridgehead atoms. The van der Waals surface area contributed by atoms with Crippen molar-refractivity contribution in [3.8, 4) is 0 Å². The Morgan fingerprint density at radius 1 is 1.50 bits per heavy atom. The molecule has 0 aliphatic rings. The Kier molecular flexibility index (Phi) is 2.56. The average molecular weight is 241 g/mol. The molecule has 0 amide bonds. The van der Waals surface area contributed by atoms with Gasteiger partial charge in [-0.3, -0.25) is 0 Å². The molecule has 0 unspecified atom stereocenters. The maximum atomic E-state index is 12.6. The van der Waals surface area contributed by atoms with Gasteiger partial charge in [-0.15, -0.1) is 0 Å². The van der Waals surface area contributed by atoms with E-state index in [2.05, 4.69) is 20.9 Å². The Labute approximate surface area is 74.7 Å². The summed E-state index contributed by atoms with van der Waals surface area (Å²) in [6.45, 7) is 0. The monoisotopic (exact) mass is 240 g/mol. The van der Waals surface area contributed by atoms with E-state index in [1.54, 1.807) is 0 Å². The van der Waals surface area contributed by atoms with Gasteiger partial charge in [-0.25, -0.2) is 13.8 Å². The van der Waals surface area contributed by atoms with Gasteiger partial charge in [-0.1, -0.05) is 0 Å². The van der Waals surface area contributed by atoms with Gasteiger partial charge in [0.2, 0.25) is 5.95 Å². The summed E-state index contributed by atoms with van der Waals surface area (Å²) in [4.78, 5) is 3.21. The molecule has 66 valence electrons. The van der Waals surface area contributed by atoms with Crippen LogP contribution in [0.4, 0.5) is 18.9 Å². The molecule has 2 nitrogen and oxygen atoms in total. The SMILES string of the molecule is Nc1c(C(F)F)cc(Br)nc1F. The van der Waals surface area contributed by atoms with Crippen molar-refractivity contribution in [2.24, 2.45) is 0 Å². The minimum absolute atomic E-state index is 0.00417. The lowest BCUT2D eigenvalue weighted by molar-refractivity contribution is 0.151. The smallest absolute Gasteiger partial charge is 0.266 e. The zero-order valence-electron chi connectivity index (χ0n) is 5.69. The number of nitrogens with two attached hydrogens (primary N) is 1. The van der Waals surface area contributed by atoms with Gasteiger partial charge in [0.05, 0.1) is 5.69 Å². The second-order valence-electron chi connectivity index (χ2n) is 2.04. The van der Waals surface area contributed by atoms with Crippen LogP contribution in [0, 0.1) is 5.95 Å². The molecule has 0 aliphatic heterocycles. The fraction of sp³-hybridized carbons (Fsp3) is 0.167. The Morgan fingerprint density at radius 3 is 2.58 bits per heavy atom. The normalized spacial score (nSPS) is 10.8. The number of pyridine rings is 1. The number of anilines is 1. The van der Waals surface area contributed by atoms with Crippen molar-refractivity contribution in [3.05, 3.63) is 22.2 Å². The molecule has 0 fully saturated rings. The molecule has 0 spiro atoms. The molecule has 6 heteroatoms. The van der Waals surface area contributed by atoms with E-state index in [0.717, 1.165) is 6.07 Å². The number of hydrogen-bond acceptors (Lipinski definition) is 2. The minimum Gasteiger partial charge on any atom is -0.395 e. The Morgan fingerprint density at radius 2 is 2.08 bits per heavy atom. The van der Waals surface area contributed by atoms with Crippen LogP contribution < -0.4 is 5.73 Å². The highest BCUT2D eigenvalue weighted by molar-refractivity contribution is 9.10. The van der Waals surface area contributed by atoms with Gasteiger partial charge < -0.3 is 5.73 Å². The van der Waals surface area contributed by atoms with Crippen LogP contribution in [0.3, 0.4) is 0 Å². The van der Waals surface area contributed by atoms with Crippen molar-refractivity contribution in [1.82, 2.24) is 4.98 Å². The zero-order valence-corrected chi connectivity index (χ0v) is 7.28. The van der Waals surface area contributed by atoms with E-state index in [9.17, 15) is 13.2 Å². The fourth-order valence-corrected chi connectivity index (χ4v) is 1.09. The lowest BCUT2D eigenvalue weighted by Gasteiger charge is -2.04. The Bertz CT molecular complexity index is 303. The summed E-state index contributed by atoms with van der Waals surface area (Å²) in [6, 6.07) is 0.989. The number of alkyl halides is 2. The third kappa shape index (κ3) is 1.69. The first-order chi connectivity index (χ1) is 5.52. The molecule has 1 rings (SSSR count). The zero-order chi connectivity index (χ0) is 9.30. The van der Waals surface area contributed by atoms with Gasteiger partial charge in [-0.2, -0.15) is 4.39 Å². The van der Waals surface area contributed by atoms with E-state index in [1.165, 1.54) is 0 Å². The van der Waals surface area contributed by atoms with Gasteiger partial charge in [0.1, 0.15) is 4.60 Å². The van der Waals surface area contributed by atoms with Crippen LogP contribution in [0.1, 0.15) is 12.0 Å². The van der Waals surface area contributed by atoms with Gasteiger partial charge in [0.15, 0.2) is 0 Å². The van der Waals surface area contributed by atoms with Crippen LogP contribution in [0.15, 0.2) is 10.7 Å². The van der Waals surface area contributed by atoms with E-state index >= 15 is 0 Å². The van der Waals surface area contributed by atoms with Crippen molar-refractivity contribution < 1.29 is 13.2 Å². The summed E-state index contributed by atoms with van der Waals surface area (Å²) in [7, 11) is 0. The predicted octanol–water partition coefficient (Wildman–Crippen LogP) is 2.50. The number of halogens is 4. The van der Waals surface area contributed by atoms with Gasteiger partial charge in [0.25, 0.3) is 6.43 Å². The molecular formula is C6H4BrF3N2. The summed E-state index contributed by atoms with van der Waals surface area (Å²) in [5.41, 5.74) is 3.86. The Balaban J connectivity index is 3.28. The van der Waals surface area contributed by atoms with Crippen molar-refractivity contribution in [2.75, 3.05) is 5.73 Å². The third-order valence-corrected chi connectivity index (χ3v) is 1.65. The largest absolute Gasteiger partial charge is 0.395 e. The van der Waals surface area contributed by atoms with Gasteiger partial charge in [0, 0.05) is 5.56 Å². The van der Waals surface area contributed by atoms with Crippen LogP contribution in [0.2, 0.25) is 0 Å². The predicted molar refractivity (Wildman–Crippen MR) is 41.3 cm³/mol. The first-order valence-electron chi connectivity index (χ1n) is 2.92. The number of aromatic nitrogens is 1. The van der Waals surface area contributed by atoms with Crippen LogP contribution in [-0.4, -0.2) is 4.98 Å². The van der Waals surface area contributed by atoms with Crippen molar-refractivity contribution in [3.63, 3.8) is 0 Å². The molecule has 12 heavy (non-hydrogen) atoms. The van der Waals surface area contributed by atoms with E-state index in [-0.39, 0.29) is 4.60 Å². The maximum absolute atomic E-state index is 12.6. The first-order valence-corrected chi connectivity index (χ1v) is 3.71. The molecule has 1 aromatic rings. The van der Waals surface area contributed by atoms with Crippen LogP contribution in [-0.2, 0) is 0 Å². The average Bonchev–Trinajstić information content (AvgIpc) is 1.96. The Hall–Kier alpha value is -0.780. The van der Waals surface area contributed by atoms with E-state index in [4.69, 9.17) is 5.73 Å². The maximum Gasteiger partial charge on any atom is 0.266 e. The van der Waals surface area contributed by atoms with Crippen LogP contribution in [0.25, 0.3) is 0 Å². The van der Waals surface area contributed by atoms with E-state index in [1.807, 2.05) is 0 Å². The molecule has 0 aliphatic carbocycles. The highest BCUT2D eigenvalue weighted by Gasteiger charge is 2.16. The number of hydrogen-bond donors (Lipinski definition) is 1. The number of nitrogen functional groups attached to an aromatic ring is 1. The molecule has 1 heterocycles. The third-order valence-electron chi connectivity index (χ3n) is 1.25. The highest BCUT2D eigenvalue weighted by Crippen LogP contribution is 2.28. The lowest BCUT2D eigenvalue weighted by Crippen LogP contribution is -2.01. The van der Waals surface area contributed by atoms with E-state index in [0.29, 0.717) is 0 Å². The van der Waals surface area contributed by atoms with Crippen LogP contribution in [0.5, 0.6) is 0 Å². The van der Waals surface area contributed by atoms with Gasteiger partial charge in [-0.05, 0) is 22.0 Å². The molecule has 2 N–H and O–H groups in total. The number of nitrogens with zero attached hydrogens (tertiary/aromatic N) is 1. The molecule has 0 radical (unpaired) electrons. The minimum atomic E-state index is -2.79. The summed E-state index contributed by atoms with van der Waals surface area (Å²) in [5, 5.41) is 0. The lowest BCUT2D eigenvalue weighted by atomic mass is 10.2. The second kappa shape index (κ2) is 3.30. The fourth-order valence-electron chi connectivity index (χ4n) is 0.692. The first kappa shape index (κ1) is 9.31. The standard InChI is InChI=1S/C6H4BrF3N2/c7-3-1-2(5(8)9)4(11)6(10)12-3/h1,5H,11H2. The molecule has 0 saturated heterocycles. The summed E-state index contributed by atoms with van der Waals surface area (Å²) in [5.74, 6) is -1.08. The molecule has 0 saturated carbocycles. The van der Waals surface area contributed by atoms with Crippen molar-refractivity contribution >= 4 is 21.6 Å². The molecule has 0 atom stereocenters. The topological polar surface area (TPSA) is 38.9 Å². The van der Waals surface area contributed by atoms with Gasteiger partial charge >= 0.3 is 0 Å². The second-order valence-corrected chi connectivity index (χ2v) is 2.85. The highest BCUT2D eigenvalue weighted by atomic mass is 79.9. The molecule has 0 aromatic carbocycles. The van der Waals surface area contributed by atoms with E-state index < -0.39 is 23.6 Å². The number of rotatable bonds is 1. The summed E-state index contributed by atoms with van der Waals surface area (Å²) in [6.07, 6.45) is -2.79. The molecular weight excluding hydrogens is 237 g/mol. The quantitative estimate of drug-likeness (QED) is 0.767. The van der Waals surface area contributed by atoms with Crippen molar-refractivity contribution in [2.45, 2.75) is 6.43 Å². The van der Waals surface area contributed by atoms with Crippen molar-refractivity contribution in [1.29, 1.82) is 0 Å². The summed E-state index contributed by atoms with van der Waals surface area (Å²) >= 11 is 2.78. The van der Waals surface area contributed by atoms with Crippen LogP contribution >= 0.6 is 15.9 Å².